The van der Waals surface area contributed by atoms with Gasteiger partial charge in [0.1, 0.15) is 0 Å². The van der Waals surface area contributed by atoms with Crippen molar-refractivity contribution in [1.29, 1.82) is 0 Å². The average molecular weight is 346 g/mol. The van der Waals surface area contributed by atoms with Crippen LogP contribution in [0.1, 0.15) is 40.0 Å². The van der Waals surface area contributed by atoms with E-state index in [1.807, 2.05) is 45.0 Å². The van der Waals surface area contributed by atoms with Crippen LogP contribution in [-0.2, 0) is 9.53 Å². The highest BCUT2D eigenvalue weighted by atomic mass is 35.5. The molecule has 0 radical (unpaired) electrons. The maximum absolute atomic E-state index is 12.1. The van der Waals surface area contributed by atoms with Crippen LogP contribution in [-0.4, -0.2) is 18.5 Å². The first-order valence-corrected chi connectivity index (χ1v) is 8.04. The lowest BCUT2D eigenvalue weighted by Crippen LogP contribution is -2.31. The third-order valence-electron chi connectivity index (χ3n) is 3.66. The molecule has 0 fully saturated rings. The van der Waals surface area contributed by atoms with E-state index in [2.05, 4.69) is 5.32 Å². The number of carbonyl (C=O) groups is 2. The molecule has 2 aromatic rings. The summed E-state index contributed by atoms with van der Waals surface area (Å²) >= 11 is 5.94. The van der Waals surface area contributed by atoms with E-state index in [4.69, 9.17) is 16.3 Å². The minimum Gasteiger partial charge on any atom is -0.452 e. The van der Waals surface area contributed by atoms with Gasteiger partial charge in [0.25, 0.3) is 5.91 Å². The van der Waals surface area contributed by atoms with Crippen LogP contribution >= 0.6 is 11.6 Å². The Labute approximate surface area is 146 Å². The molecule has 4 nitrogen and oxygen atoms in total. The second kappa shape index (κ2) is 7.97. The second-order valence-electron chi connectivity index (χ2n) is 5.74. The smallest absolute Gasteiger partial charge is 0.338 e. The summed E-state index contributed by atoms with van der Waals surface area (Å²) in [6.07, 6.45) is 0. The van der Waals surface area contributed by atoms with Crippen molar-refractivity contribution in [1.82, 2.24) is 5.32 Å². The van der Waals surface area contributed by atoms with Crippen LogP contribution in [0.2, 0.25) is 5.02 Å². The van der Waals surface area contributed by atoms with Crippen LogP contribution in [0, 0.1) is 13.8 Å². The number of nitrogens with one attached hydrogen (secondary N) is 1. The fraction of sp³-hybridized carbons (Fsp3) is 0.263. The Kier molecular flexibility index (Phi) is 5.99. The second-order valence-corrected chi connectivity index (χ2v) is 6.18. The molecule has 0 saturated carbocycles. The van der Waals surface area contributed by atoms with Gasteiger partial charge in [0.15, 0.2) is 6.61 Å². The SMILES string of the molecule is Cc1ccc(C(=O)OCC(=O)N[C@H](C)c2cccc(Cl)c2)c(C)c1. The molecule has 24 heavy (non-hydrogen) atoms. The molecule has 0 bridgehead atoms. The lowest BCUT2D eigenvalue weighted by molar-refractivity contribution is -0.124. The van der Waals surface area contributed by atoms with E-state index in [1.165, 1.54) is 0 Å². The minimum atomic E-state index is -0.502. The van der Waals surface area contributed by atoms with Gasteiger partial charge in [-0.15, -0.1) is 0 Å². The summed E-state index contributed by atoms with van der Waals surface area (Å²) in [7, 11) is 0. The van der Waals surface area contributed by atoms with Crippen LogP contribution in [0.25, 0.3) is 0 Å². The first-order chi connectivity index (χ1) is 11.4. The molecule has 0 heterocycles. The van der Waals surface area contributed by atoms with Gasteiger partial charge in [0.2, 0.25) is 0 Å². The molecule has 2 aromatic carbocycles. The molecule has 1 atom stereocenters. The van der Waals surface area contributed by atoms with Crippen molar-refractivity contribution >= 4 is 23.5 Å². The number of esters is 1. The number of carbonyl (C=O) groups excluding carboxylic acids is 2. The zero-order chi connectivity index (χ0) is 17.7. The topological polar surface area (TPSA) is 55.4 Å². The summed E-state index contributed by atoms with van der Waals surface area (Å²) in [6, 6.07) is 12.5. The minimum absolute atomic E-state index is 0.226. The Morgan fingerprint density at radius 2 is 1.92 bits per heavy atom. The molecule has 0 aromatic heterocycles. The molecule has 0 aliphatic rings. The van der Waals surface area contributed by atoms with Crippen molar-refractivity contribution < 1.29 is 14.3 Å². The first-order valence-electron chi connectivity index (χ1n) is 7.66. The van der Waals surface area contributed by atoms with Crippen molar-refractivity contribution in [2.45, 2.75) is 26.8 Å². The number of hydrogen-bond donors (Lipinski definition) is 1. The molecule has 0 unspecified atom stereocenters. The van der Waals surface area contributed by atoms with E-state index in [0.29, 0.717) is 10.6 Å². The zero-order valence-electron chi connectivity index (χ0n) is 13.9. The van der Waals surface area contributed by atoms with Gasteiger partial charge in [-0.05, 0) is 50.1 Å². The third kappa shape index (κ3) is 4.83. The summed E-state index contributed by atoms with van der Waals surface area (Å²) in [4.78, 5) is 24.0. The highest BCUT2D eigenvalue weighted by Gasteiger charge is 2.14. The fourth-order valence-corrected chi connectivity index (χ4v) is 2.59. The van der Waals surface area contributed by atoms with E-state index < -0.39 is 5.97 Å². The number of hydrogen-bond acceptors (Lipinski definition) is 3. The maximum Gasteiger partial charge on any atom is 0.338 e. The van der Waals surface area contributed by atoms with Crippen molar-refractivity contribution in [3.8, 4) is 0 Å². The average Bonchev–Trinajstić information content (AvgIpc) is 2.52. The normalized spacial score (nSPS) is 11.7. The van der Waals surface area contributed by atoms with Crippen molar-refractivity contribution in [2.24, 2.45) is 0 Å². The van der Waals surface area contributed by atoms with Crippen molar-refractivity contribution in [3.05, 3.63) is 69.7 Å². The van der Waals surface area contributed by atoms with Crippen LogP contribution in [0.15, 0.2) is 42.5 Å². The number of ether oxygens (including phenoxy) is 1. The Morgan fingerprint density at radius 1 is 1.17 bits per heavy atom. The molecule has 5 heteroatoms. The van der Waals surface area contributed by atoms with E-state index in [1.54, 1.807) is 18.2 Å². The number of aryl methyl sites for hydroxylation is 2. The van der Waals surface area contributed by atoms with Crippen LogP contribution in [0.3, 0.4) is 0 Å². The van der Waals surface area contributed by atoms with E-state index in [-0.39, 0.29) is 18.6 Å². The number of benzene rings is 2. The summed E-state index contributed by atoms with van der Waals surface area (Å²) in [5.74, 6) is -0.862. The fourth-order valence-electron chi connectivity index (χ4n) is 2.39. The highest BCUT2D eigenvalue weighted by molar-refractivity contribution is 6.30. The number of rotatable bonds is 5. The molecule has 1 N–H and O–H groups in total. The Balaban J connectivity index is 1.89. The van der Waals surface area contributed by atoms with E-state index >= 15 is 0 Å². The van der Waals surface area contributed by atoms with Crippen LogP contribution in [0.4, 0.5) is 0 Å². The molecular weight excluding hydrogens is 326 g/mol. The summed E-state index contributed by atoms with van der Waals surface area (Å²) < 4.78 is 5.09. The molecule has 0 spiro atoms. The lowest BCUT2D eigenvalue weighted by atomic mass is 10.1. The predicted molar refractivity (Wildman–Crippen MR) is 94.2 cm³/mol. The van der Waals surface area contributed by atoms with E-state index in [0.717, 1.165) is 16.7 Å². The van der Waals surface area contributed by atoms with Crippen LogP contribution < -0.4 is 5.32 Å². The Hall–Kier alpha value is -2.33. The monoisotopic (exact) mass is 345 g/mol. The van der Waals surface area contributed by atoms with Gasteiger partial charge >= 0.3 is 5.97 Å². The Bertz CT molecular complexity index is 758. The third-order valence-corrected chi connectivity index (χ3v) is 3.90. The van der Waals surface area contributed by atoms with Gasteiger partial charge in [0.05, 0.1) is 11.6 Å². The highest BCUT2D eigenvalue weighted by Crippen LogP contribution is 2.17. The van der Waals surface area contributed by atoms with Gasteiger partial charge < -0.3 is 10.1 Å². The van der Waals surface area contributed by atoms with Crippen molar-refractivity contribution in [2.75, 3.05) is 6.61 Å². The van der Waals surface area contributed by atoms with Gasteiger partial charge in [-0.25, -0.2) is 4.79 Å². The number of amides is 1. The lowest BCUT2D eigenvalue weighted by Gasteiger charge is -2.15. The quantitative estimate of drug-likeness (QED) is 0.833. The summed E-state index contributed by atoms with van der Waals surface area (Å²) in [5.41, 5.74) is 3.25. The first kappa shape index (κ1) is 18.0. The molecule has 0 aliphatic heterocycles. The van der Waals surface area contributed by atoms with Gasteiger partial charge in [0, 0.05) is 5.02 Å². The van der Waals surface area contributed by atoms with Crippen LogP contribution in [0.5, 0.6) is 0 Å². The number of halogens is 1. The molecule has 0 aliphatic carbocycles. The van der Waals surface area contributed by atoms with Gasteiger partial charge in [-0.3, -0.25) is 4.79 Å². The predicted octanol–water partition coefficient (Wildman–Crippen LogP) is 3.99. The molecule has 0 saturated heterocycles. The maximum atomic E-state index is 12.1. The molecule has 1 amide bonds. The van der Waals surface area contributed by atoms with Gasteiger partial charge in [-0.1, -0.05) is 41.4 Å². The van der Waals surface area contributed by atoms with E-state index in [9.17, 15) is 9.59 Å². The Morgan fingerprint density at radius 3 is 2.58 bits per heavy atom. The van der Waals surface area contributed by atoms with Gasteiger partial charge in [-0.2, -0.15) is 0 Å². The largest absolute Gasteiger partial charge is 0.452 e. The molecule has 2 rings (SSSR count). The zero-order valence-corrected chi connectivity index (χ0v) is 14.7. The summed E-state index contributed by atoms with van der Waals surface area (Å²) in [5, 5.41) is 3.39. The molecular formula is C19H20ClNO3. The summed E-state index contributed by atoms with van der Waals surface area (Å²) in [6.45, 7) is 5.31. The van der Waals surface area contributed by atoms with Crippen molar-refractivity contribution in [3.63, 3.8) is 0 Å². The molecule has 126 valence electrons. The standard InChI is InChI=1S/C19H20ClNO3/c1-12-7-8-17(13(2)9-12)19(23)24-11-18(22)21-14(3)15-5-4-6-16(20)10-15/h4-10,14H,11H2,1-3H3,(H,21,22)/t14-/m1/s1.